The molecule has 2 unspecified atom stereocenters. The van der Waals surface area contributed by atoms with Crippen molar-refractivity contribution in [3.63, 3.8) is 0 Å². The monoisotopic (exact) mass is 477 g/mol. The van der Waals surface area contributed by atoms with Gasteiger partial charge in [-0.15, -0.1) is 0 Å². The minimum Gasteiger partial charge on any atom is -0.494 e. The maximum atomic E-state index is 10.3. The number of rotatable bonds is 7. The zero-order valence-electron chi connectivity index (χ0n) is 21.0. The van der Waals surface area contributed by atoms with Crippen molar-refractivity contribution in [2.75, 3.05) is 39.5 Å². The summed E-state index contributed by atoms with van der Waals surface area (Å²) in [4.78, 5) is 2.28. The lowest BCUT2D eigenvalue weighted by Crippen LogP contribution is -2.48. The molecule has 186 valence electrons. The number of allylic oxidation sites excluding steroid dienone is 2. The average molecular weight is 478 g/mol. The molecule has 1 aromatic carbocycles. The van der Waals surface area contributed by atoms with Crippen LogP contribution in [0.25, 0.3) is 0 Å². The van der Waals surface area contributed by atoms with Gasteiger partial charge in [-0.25, -0.2) is 0 Å². The largest absolute Gasteiger partial charge is 0.494 e. The SMILES string of the molecule is CCCN1CC=C2C(C#N)=C(N)C(C#N)(C#N)C(c3ccc(OCC)cc3OCC)C2C1.CCO. The molecule has 3 rings (SSSR count). The van der Waals surface area contributed by atoms with Crippen molar-refractivity contribution < 1.29 is 14.6 Å². The molecular weight excluding hydrogens is 442 g/mol. The number of nitrogens with two attached hydrogens (primary N) is 1. The number of nitriles is 3. The normalized spacial score (nSPS) is 20.7. The van der Waals surface area contributed by atoms with Crippen molar-refractivity contribution in [3.8, 4) is 29.7 Å². The topological polar surface area (TPSA) is 139 Å². The summed E-state index contributed by atoms with van der Waals surface area (Å²) in [5.74, 6) is 0.396. The molecule has 0 saturated carbocycles. The van der Waals surface area contributed by atoms with Crippen LogP contribution >= 0.6 is 0 Å². The number of aliphatic hydroxyl groups is 1. The van der Waals surface area contributed by atoms with Crippen LogP contribution in [0.1, 0.15) is 45.6 Å². The molecule has 8 heteroatoms. The van der Waals surface area contributed by atoms with Crippen LogP contribution in [-0.2, 0) is 0 Å². The van der Waals surface area contributed by atoms with Crippen molar-refractivity contribution in [1.29, 1.82) is 15.8 Å². The lowest BCUT2D eigenvalue weighted by molar-refractivity contribution is 0.204. The van der Waals surface area contributed by atoms with Gasteiger partial charge >= 0.3 is 0 Å². The molecule has 0 bridgehead atoms. The first-order chi connectivity index (χ1) is 16.9. The Morgan fingerprint density at radius 1 is 1.11 bits per heavy atom. The highest BCUT2D eigenvalue weighted by molar-refractivity contribution is 5.61. The maximum Gasteiger partial charge on any atom is 0.191 e. The van der Waals surface area contributed by atoms with Crippen LogP contribution in [0.2, 0.25) is 0 Å². The highest BCUT2D eigenvalue weighted by Crippen LogP contribution is 2.56. The Kier molecular flexibility index (Phi) is 10.2. The molecule has 0 fully saturated rings. The number of aliphatic hydroxyl groups excluding tert-OH is 1. The number of benzene rings is 1. The number of ether oxygens (including phenoxy) is 2. The second-order valence-electron chi connectivity index (χ2n) is 8.32. The van der Waals surface area contributed by atoms with E-state index in [0.29, 0.717) is 37.8 Å². The Balaban J connectivity index is 0.00000137. The van der Waals surface area contributed by atoms with Crippen LogP contribution in [0.15, 0.2) is 41.1 Å². The third kappa shape index (κ3) is 5.43. The third-order valence-corrected chi connectivity index (χ3v) is 6.21. The zero-order valence-corrected chi connectivity index (χ0v) is 21.0. The summed E-state index contributed by atoms with van der Waals surface area (Å²) in [6, 6.07) is 12.1. The van der Waals surface area contributed by atoms with Gasteiger partial charge in [-0.3, -0.25) is 4.90 Å². The highest BCUT2D eigenvalue weighted by atomic mass is 16.5. The van der Waals surface area contributed by atoms with Gasteiger partial charge in [0, 0.05) is 43.2 Å². The Morgan fingerprint density at radius 2 is 1.77 bits per heavy atom. The molecule has 1 aromatic rings. The Bertz CT molecular complexity index is 1060. The van der Waals surface area contributed by atoms with Gasteiger partial charge in [0.15, 0.2) is 5.41 Å². The van der Waals surface area contributed by atoms with Gasteiger partial charge in [-0.2, -0.15) is 15.8 Å². The Hall–Kier alpha value is -3.51. The van der Waals surface area contributed by atoms with Crippen LogP contribution in [-0.4, -0.2) is 49.5 Å². The first kappa shape index (κ1) is 27.7. The zero-order chi connectivity index (χ0) is 26.0. The summed E-state index contributed by atoms with van der Waals surface area (Å²) in [5, 5.41) is 38.0. The molecule has 1 heterocycles. The fraction of sp³-hybridized carbons (Fsp3) is 0.519. The van der Waals surface area contributed by atoms with Crippen LogP contribution in [0.4, 0.5) is 0 Å². The Morgan fingerprint density at radius 3 is 2.31 bits per heavy atom. The first-order valence-corrected chi connectivity index (χ1v) is 12.1. The highest BCUT2D eigenvalue weighted by Gasteiger charge is 2.55. The predicted molar refractivity (Wildman–Crippen MR) is 133 cm³/mol. The molecule has 0 spiro atoms. The van der Waals surface area contributed by atoms with E-state index >= 15 is 0 Å². The maximum absolute atomic E-state index is 10.3. The van der Waals surface area contributed by atoms with Crippen molar-refractivity contribution >= 4 is 0 Å². The fourth-order valence-corrected chi connectivity index (χ4v) is 4.89. The smallest absolute Gasteiger partial charge is 0.191 e. The minimum atomic E-state index is -1.68. The first-order valence-electron chi connectivity index (χ1n) is 12.1. The molecule has 0 aromatic heterocycles. The van der Waals surface area contributed by atoms with E-state index < -0.39 is 11.3 Å². The van der Waals surface area contributed by atoms with Gasteiger partial charge in [0.25, 0.3) is 0 Å². The van der Waals surface area contributed by atoms with Gasteiger partial charge in [-0.05, 0) is 45.4 Å². The molecule has 1 aliphatic heterocycles. The van der Waals surface area contributed by atoms with Gasteiger partial charge < -0.3 is 20.3 Å². The number of nitrogens with zero attached hydrogens (tertiary/aromatic N) is 4. The second-order valence-corrected chi connectivity index (χ2v) is 8.32. The van der Waals surface area contributed by atoms with Crippen molar-refractivity contribution in [3.05, 3.63) is 46.7 Å². The number of fused-ring (bicyclic) bond motifs is 1. The standard InChI is InChI=1S/C25H29N5O2.C2H6O/c1-4-10-30-11-9-18-20(13-26)24(29)25(15-27,16-28)23(21(18)14-30)19-8-7-17(31-5-2)12-22(19)32-6-3;1-2-3/h7-9,12,21,23H,4-6,10-11,14,29H2,1-3H3;3H,2H2,1H3. The van der Waals surface area contributed by atoms with E-state index in [4.69, 9.17) is 20.3 Å². The van der Waals surface area contributed by atoms with Gasteiger partial charge in [0.05, 0.1) is 36.6 Å². The van der Waals surface area contributed by atoms with E-state index in [9.17, 15) is 15.8 Å². The molecule has 0 radical (unpaired) electrons. The summed E-state index contributed by atoms with van der Waals surface area (Å²) in [5.41, 5.74) is 6.57. The quantitative estimate of drug-likeness (QED) is 0.607. The lowest BCUT2D eigenvalue weighted by atomic mass is 9.58. The Labute approximate surface area is 208 Å². The summed E-state index contributed by atoms with van der Waals surface area (Å²) >= 11 is 0. The van der Waals surface area contributed by atoms with E-state index in [-0.39, 0.29) is 23.8 Å². The minimum absolute atomic E-state index is 0.0257. The molecule has 2 atom stereocenters. The van der Waals surface area contributed by atoms with Gasteiger partial charge in [0.2, 0.25) is 0 Å². The second kappa shape index (κ2) is 12.8. The molecular formula is C27H35N5O3. The van der Waals surface area contributed by atoms with Crippen molar-refractivity contribution in [2.45, 2.75) is 40.0 Å². The number of hydrogen-bond donors (Lipinski definition) is 2. The third-order valence-electron chi connectivity index (χ3n) is 6.21. The molecule has 0 amide bonds. The molecule has 2 aliphatic rings. The van der Waals surface area contributed by atoms with Crippen LogP contribution in [0, 0.1) is 45.3 Å². The van der Waals surface area contributed by atoms with Crippen LogP contribution in [0.5, 0.6) is 11.5 Å². The molecule has 3 N–H and O–H groups in total. The molecule has 1 aliphatic carbocycles. The van der Waals surface area contributed by atoms with E-state index in [1.165, 1.54) is 0 Å². The van der Waals surface area contributed by atoms with Crippen LogP contribution < -0.4 is 15.2 Å². The van der Waals surface area contributed by atoms with Gasteiger partial charge in [-0.1, -0.05) is 19.1 Å². The summed E-state index contributed by atoms with van der Waals surface area (Å²) < 4.78 is 11.6. The summed E-state index contributed by atoms with van der Waals surface area (Å²) in [6.45, 7) is 11.0. The van der Waals surface area contributed by atoms with E-state index in [1.54, 1.807) is 13.0 Å². The summed E-state index contributed by atoms with van der Waals surface area (Å²) in [6.07, 6.45) is 3.01. The van der Waals surface area contributed by atoms with E-state index in [0.717, 1.165) is 24.1 Å². The lowest BCUT2D eigenvalue weighted by Gasteiger charge is -2.45. The molecule has 0 saturated heterocycles. The molecule has 35 heavy (non-hydrogen) atoms. The van der Waals surface area contributed by atoms with Crippen LogP contribution in [0.3, 0.4) is 0 Å². The molecule has 8 nitrogen and oxygen atoms in total. The van der Waals surface area contributed by atoms with E-state index in [1.807, 2.05) is 32.1 Å². The predicted octanol–water partition coefficient (Wildman–Crippen LogP) is 3.62. The van der Waals surface area contributed by atoms with Gasteiger partial charge in [0.1, 0.15) is 17.6 Å². The number of hydrogen-bond acceptors (Lipinski definition) is 8. The van der Waals surface area contributed by atoms with Crippen molar-refractivity contribution in [2.24, 2.45) is 17.1 Å². The average Bonchev–Trinajstić information content (AvgIpc) is 2.85. The fourth-order valence-electron chi connectivity index (χ4n) is 4.89. The van der Waals surface area contributed by atoms with Crippen molar-refractivity contribution in [1.82, 2.24) is 4.90 Å². The summed E-state index contributed by atoms with van der Waals surface area (Å²) in [7, 11) is 0. The van der Waals surface area contributed by atoms with E-state index in [2.05, 4.69) is 30.0 Å².